The van der Waals surface area contributed by atoms with E-state index in [0.29, 0.717) is 17.7 Å². The normalized spacial score (nSPS) is 25.8. The molecule has 5 nitrogen and oxygen atoms in total. The van der Waals surface area contributed by atoms with E-state index in [1.807, 2.05) is 0 Å². The summed E-state index contributed by atoms with van der Waals surface area (Å²) in [6.07, 6.45) is 0.448. The average molecular weight is 268 g/mol. The minimum atomic E-state index is -3.03. The Morgan fingerprint density at radius 2 is 2.17 bits per heavy atom. The number of benzene rings is 1. The van der Waals surface area contributed by atoms with Crippen LogP contribution in [0.3, 0.4) is 0 Å². The lowest BCUT2D eigenvalue weighted by atomic mass is 10.0. The number of sulfone groups is 1. The van der Waals surface area contributed by atoms with Gasteiger partial charge in [-0.25, -0.2) is 8.42 Å². The summed E-state index contributed by atoms with van der Waals surface area (Å²) < 4.78 is 22.9. The van der Waals surface area contributed by atoms with Gasteiger partial charge in [0.2, 0.25) is 0 Å². The largest absolute Gasteiger partial charge is 0.399 e. The summed E-state index contributed by atoms with van der Waals surface area (Å²) in [5, 5.41) is 2.78. The molecule has 1 aromatic carbocycles. The lowest BCUT2D eigenvalue weighted by Crippen LogP contribution is -2.46. The van der Waals surface area contributed by atoms with Crippen LogP contribution in [0.25, 0.3) is 0 Å². The van der Waals surface area contributed by atoms with Crippen molar-refractivity contribution in [1.82, 2.24) is 5.32 Å². The van der Waals surface area contributed by atoms with E-state index in [4.69, 9.17) is 5.73 Å². The quantitative estimate of drug-likeness (QED) is 0.768. The van der Waals surface area contributed by atoms with Crippen LogP contribution >= 0.6 is 0 Å². The molecule has 1 saturated heterocycles. The van der Waals surface area contributed by atoms with Crippen LogP contribution in [0.5, 0.6) is 0 Å². The predicted molar refractivity (Wildman–Crippen MR) is 70.0 cm³/mol. The molecule has 2 rings (SSSR count). The van der Waals surface area contributed by atoms with Gasteiger partial charge in [-0.15, -0.1) is 0 Å². The van der Waals surface area contributed by atoms with E-state index in [2.05, 4.69) is 5.32 Å². The highest BCUT2D eigenvalue weighted by Crippen LogP contribution is 2.23. The Hall–Kier alpha value is -1.56. The van der Waals surface area contributed by atoms with Gasteiger partial charge in [-0.3, -0.25) is 4.79 Å². The summed E-state index contributed by atoms with van der Waals surface area (Å²) in [6.45, 7) is 1.75. The zero-order valence-corrected chi connectivity index (χ0v) is 11.0. The Labute approximate surface area is 106 Å². The van der Waals surface area contributed by atoms with Crippen LogP contribution in [0.4, 0.5) is 5.69 Å². The van der Waals surface area contributed by atoms with Crippen LogP contribution in [-0.2, 0) is 9.84 Å². The highest BCUT2D eigenvalue weighted by atomic mass is 32.2. The second-order valence-electron chi connectivity index (χ2n) is 4.98. The number of carbonyl (C=O) groups excluding carboxylic acids is 1. The van der Waals surface area contributed by atoms with Crippen molar-refractivity contribution in [3.63, 3.8) is 0 Å². The zero-order chi connectivity index (χ0) is 13.4. The van der Waals surface area contributed by atoms with Gasteiger partial charge in [0.25, 0.3) is 5.91 Å². The van der Waals surface area contributed by atoms with E-state index in [0.717, 1.165) is 0 Å². The van der Waals surface area contributed by atoms with E-state index >= 15 is 0 Å². The monoisotopic (exact) mass is 268 g/mol. The van der Waals surface area contributed by atoms with Gasteiger partial charge in [-0.1, -0.05) is 6.07 Å². The van der Waals surface area contributed by atoms with Gasteiger partial charge in [-0.2, -0.15) is 0 Å². The summed E-state index contributed by atoms with van der Waals surface area (Å²) in [7, 11) is -3.03. The van der Waals surface area contributed by atoms with Crippen molar-refractivity contribution in [2.75, 3.05) is 17.2 Å². The molecule has 0 bridgehead atoms. The number of nitrogen functional groups attached to an aromatic ring is 1. The third-order valence-electron chi connectivity index (χ3n) is 3.07. The van der Waals surface area contributed by atoms with Crippen molar-refractivity contribution < 1.29 is 13.2 Å². The highest BCUT2D eigenvalue weighted by molar-refractivity contribution is 7.91. The van der Waals surface area contributed by atoms with Gasteiger partial charge in [0.05, 0.1) is 17.0 Å². The molecule has 0 spiro atoms. The number of hydrogen-bond acceptors (Lipinski definition) is 4. The molecule has 98 valence electrons. The van der Waals surface area contributed by atoms with Crippen LogP contribution < -0.4 is 11.1 Å². The maximum Gasteiger partial charge on any atom is 0.251 e. The summed E-state index contributed by atoms with van der Waals surface area (Å²) in [4.78, 5) is 12.0. The first kappa shape index (κ1) is 12.9. The Balaban J connectivity index is 2.13. The number of hydrogen-bond donors (Lipinski definition) is 2. The number of anilines is 1. The van der Waals surface area contributed by atoms with E-state index in [1.165, 1.54) is 0 Å². The third-order valence-corrected chi connectivity index (χ3v) is 4.97. The summed E-state index contributed by atoms with van der Waals surface area (Å²) in [5.41, 5.74) is 5.88. The minimum absolute atomic E-state index is 0.00590. The Kier molecular flexibility index (Phi) is 3.06. The Morgan fingerprint density at radius 1 is 1.44 bits per heavy atom. The summed E-state index contributed by atoms with van der Waals surface area (Å²) in [5.74, 6) is -0.170. The molecule has 1 amide bonds. The van der Waals surface area contributed by atoms with Crippen LogP contribution in [0.2, 0.25) is 0 Å². The van der Waals surface area contributed by atoms with Gasteiger partial charge in [0, 0.05) is 11.3 Å². The number of amides is 1. The summed E-state index contributed by atoms with van der Waals surface area (Å²) >= 11 is 0. The second kappa shape index (κ2) is 4.28. The molecule has 0 aliphatic carbocycles. The third kappa shape index (κ3) is 2.81. The van der Waals surface area contributed by atoms with Crippen molar-refractivity contribution in [1.29, 1.82) is 0 Å². The van der Waals surface area contributed by atoms with Gasteiger partial charge < -0.3 is 11.1 Å². The van der Waals surface area contributed by atoms with Crippen molar-refractivity contribution in [2.24, 2.45) is 0 Å². The maximum atomic E-state index is 12.0. The standard InChI is InChI=1S/C12H16N2O3S/c1-12(5-6-18(16,17)8-12)14-11(15)9-3-2-4-10(13)7-9/h2-4,7H,5-6,8,13H2,1H3,(H,14,15). The fraction of sp³-hybridized carbons (Fsp3) is 0.417. The molecular formula is C12H16N2O3S. The maximum absolute atomic E-state index is 12.0. The molecule has 1 unspecified atom stereocenters. The topological polar surface area (TPSA) is 89.3 Å². The SMILES string of the molecule is CC1(NC(=O)c2cccc(N)c2)CCS(=O)(=O)C1. The molecule has 18 heavy (non-hydrogen) atoms. The van der Waals surface area contributed by atoms with Crippen LogP contribution in [0.1, 0.15) is 23.7 Å². The van der Waals surface area contributed by atoms with Crippen LogP contribution in [-0.4, -0.2) is 31.4 Å². The van der Waals surface area contributed by atoms with E-state index in [9.17, 15) is 13.2 Å². The second-order valence-corrected chi connectivity index (χ2v) is 7.17. The van der Waals surface area contributed by atoms with Gasteiger partial charge in [0.15, 0.2) is 9.84 Å². The molecule has 1 atom stereocenters. The van der Waals surface area contributed by atoms with Crippen LogP contribution in [0.15, 0.2) is 24.3 Å². The molecule has 3 N–H and O–H groups in total. The fourth-order valence-electron chi connectivity index (χ4n) is 2.14. The molecule has 0 radical (unpaired) electrons. The Bertz CT molecular complexity index is 583. The molecular weight excluding hydrogens is 252 g/mol. The molecule has 1 aromatic rings. The first-order valence-electron chi connectivity index (χ1n) is 5.68. The van der Waals surface area contributed by atoms with Gasteiger partial charge in [-0.05, 0) is 31.5 Å². The molecule has 1 fully saturated rings. The highest BCUT2D eigenvalue weighted by Gasteiger charge is 2.39. The average Bonchev–Trinajstić information content (AvgIpc) is 2.52. The minimum Gasteiger partial charge on any atom is -0.399 e. The van der Waals surface area contributed by atoms with Crippen molar-refractivity contribution in [3.8, 4) is 0 Å². The van der Waals surface area contributed by atoms with Crippen molar-refractivity contribution in [2.45, 2.75) is 18.9 Å². The number of nitrogens with one attached hydrogen (secondary N) is 1. The van der Waals surface area contributed by atoms with Crippen molar-refractivity contribution in [3.05, 3.63) is 29.8 Å². The van der Waals surface area contributed by atoms with Crippen molar-refractivity contribution >= 4 is 21.4 Å². The molecule has 1 heterocycles. The molecule has 6 heteroatoms. The summed E-state index contributed by atoms with van der Waals surface area (Å²) in [6, 6.07) is 6.61. The Morgan fingerprint density at radius 3 is 2.72 bits per heavy atom. The first-order valence-corrected chi connectivity index (χ1v) is 7.50. The molecule has 0 aromatic heterocycles. The van der Waals surface area contributed by atoms with Gasteiger partial charge in [0.1, 0.15) is 0 Å². The smallest absolute Gasteiger partial charge is 0.251 e. The van der Waals surface area contributed by atoms with Crippen LogP contribution in [0, 0.1) is 0 Å². The first-order chi connectivity index (χ1) is 8.30. The lowest BCUT2D eigenvalue weighted by Gasteiger charge is -2.23. The zero-order valence-electron chi connectivity index (χ0n) is 10.1. The number of nitrogens with two attached hydrogens (primary N) is 1. The van der Waals surface area contributed by atoms with E-state index in [1.54, 1.807) is 31.2 Å². The predicted octanol–water partition coefficient (Wildman–Crippen LogP) is 0.576. The van der Waals surface area contributed by atoms with E-state index in [-0.39, 0.29) is 17.4 Å². The van der Waals surface area contributed by atoms with E-state index < -0.39 is 15.4 Å². The number of carbonyl (C=O) groups is 1. The lowest BCUT2D eigenvalue weighted by molar-refractivity contribution is 0.0915. The molecule has 1 aliphatic heterocycles. The number of rotatable bonds is 2. The fourth-order valence-corrected chi connectivity index (χ4v) is 4.23. The molecule has 0 saturated carbocycles. The molecule has 1 aliphatic rings. The van der Waals surface area contributed by atoms with Gasteiger partial charge >= 0.3 is 0 Å².